The molecule has 1 N–H and O–H groups in total. The summed E-state index contributed by atoms with van der Waals surface area (Å²) in [4.78, 5) is 10.7. The second-order valence-corrected chi connectivity index (χ2v) is 2.45. The summed E-state index contributed by atoms with van der Waals surface area (Å²) in [5, 5.41) is 8.96. The summed E-state index contributed by atoms with van der Waals surface area (Å²) in [6.07, 6.45) is 2.94. The van der Waals surface area contributed by atoms with Crippen LogP contribution in [0.3, 0.4) is 0 Å². The minimum atomic E-state index is -0.395. The van der Waals surface area contributed by atoms with Gasteiger partial charge in [-0.2, -0.15) is 0 Å². The fourth-order valence-electron chi connectivity index (χ4n) is 0.818. The number of halogens is 1. The van der Waals surface area contributed by atoms with E-state index in [-0.39, 0.29) is 59.3 Å². The molecule has 0 heterocycles. The molecule has 0 aromatic heterocycles. The van der Waals surface area contributed by atoms with Crippen LogP contribution < -0.4 is 53.5 Å². The minimum absolute atomic E-state index is 0. The summed E-state index contributed by atoms with van der Waals surface area (Å²) in [6, 6.07) is 6.51. The summed E-state index contributed by atoms with van der Waals surface area (Å²) in [5.74, 6) is -0.191. The van der Waals surface area contributed by atoms with Gasteiger partial charge in [0.25, 0.3) is 0 Å². The Morgan fingerprint density at radius 3 is 2.33 bits per heavy atom. The number of benzene rings is 1. The number of rotatable bonds is 2. The van der Waals surface area contributed by atoms with E-state index in [1.165, 1.54) is 13.2 Å². The Labute approximate surface area is 128 Å². The molecule has 0 aliphatic heterocycles. The second kappa shape index (κ2) is 9.21. The number of ether oxygens (including phenoxy) is 1. The maximum absolute atomic E-state index is 10.7. The molecule has 0 spiro atoms. The van der Waals surface area contributed by atoms with Gasteiger partial charge in [-0.25, -0.2) is 4.79 Å². The summed E-state index contributed by atoms with van der Waals surface area (Å²) in [6.45, 7) is 0. The Bertz CT molecular complexity index is 322. The molecule has 1 aromatic rings. The Morgan fingerprint density at radius 1 is 1.33 bits per heavy atom. The number of carbonyl (C=O) groups excluding carboxylic acids is 1. The van der Waals surface area contributed by atoms with Crippen molar-refractivity contribution >= 4 is 12.0 Å². The maximum atomic E-state index is 10.7. The molecule has 1 rings (SSSR count). The normalized spacial score (nSPS) is 8.87. The molecule has 76 valence electrons. The number of methoxy groups -OCH3 is 1. The molecule has 1 aromatic carbocycles. The van der Waals surface area contributed by atoms with Gasteiger partial charge in [-0.05, 0) is 23.8 Å². The van der Waals surface area contributed by atoms with Crippen molar-refractivity contribution in [3.63, 3.8) is 0 Å². The van der Waals surface area contributed by atoms with Gasteiger partial charge in [0, 0.05) is 6.08 Å². The molecule has 0 saturated heterocycles. The number of hydrogen-bond donors (Lipinski definition) is 1. The number of phenolic OH excluding ortho intramolecular Hbond substituents is 1. The molecular weight excluding hydrogens is 318 g/mol. The van der Waals surface area contributed by atoms with E-state index in [0.717, 1.165) is 5.56 Å². The average molecular weight is 328 g/mol. The van der Waals surface area contributed by atoms with Crippen LogP contribution in [0.1, 0.15) is 5.56 Å². The standard InChI is InChI=1S/C10H10O3.HI.Na/c1-13-10(12)7-4-8-2-5-9(11)6-3-8;;/h2-7,11H,1H3;1H;/q;;+1/p-1/b7-4+;;. The van der Waals surface area contributed by atoms with Crippen molar-refractivity contribution in [1.29, 1.82) is 0 Å². The topological polar surface area (TPSA) is 46.5 Å². The van der Waals surface area contributed by atoms with Gasteiger partial charge in [-0.15, -0.1) is 0 Å². The molecule has 5 heteroatoms. The number of hydrogen-bond acceptors (Lipinski definition) is 3. The Balaban J connectivity index is 0. The van der Waals surface area contributed by atoms with Gasteiger partial charge in [0.1, 0.15) is 5.75 Å². The molecule has 0 fully saturated rings. The molecule has 0 saturated carbocycles. The van der Waals surface area contributed by atoms with E-state index in [9.17, 15) is 4.79 Å². The Kier molecular flexibility index (Phi) is 10.7. The molecule has 0 aliphatic rings. The SMILES string of the molecule is COC(=O)/C=C/c1ccc(O)cc1.[I-].[Na+]. The summed E-state index contributed by atoms with van der Waals surface area (Å²) in [5.41, 5.74) is 0.836. The first-order chi connectivity index (χ1) is 6.22. The van der Waals surface area contributed by atoms with Gasteiger partial charge < -0.3 is 33.8 Å². The van der Waals surface area contributed by atoms with Crippen LogP contribution in [0.2, 0.25) is 0 Å². The van der Waals surface area contributed by atoms with Crippen molar-refractivity contribution in [1.82, 2.24) is 0 Å². The third kappa shape index (κ3) is 6.94. The third-order valence-corrected chi connectivity index (χ3v) is 1.51. The monoisotopic (exact) mass is 328 g/mol. The predicted molar refractivity (Wildman–Crippen MR) is 49.2 cm³/mol. The number of phenols is 1. The Morgan fingerprint density at radius 2 is 1.87 bits per heavy atom. The van der Waals surface area contributed by atoms with Gasteiger partial charge in [0.2, 0.25) is 0 Å². The zero-order valence-electron chi connectivity index (χ0n) is 8.61. The van der Waals surface area contributed by atoms with E-state index in [1.54, 1.807) is 30.3 Å². The second-order valence-electron chi connectivity index (χ2n) is 2.45. The maximum Gasteiger partial charge on any atom is 1.00 e. The van der Waals surface area contributed by atoms with E-state index in [4.69, 9.17) is 5.11 Å². The largest absolute Gasteiger partial charge is 1.00 e. The van der Waals surface area contributed by atoms with E-state index in [1.807, 2.05) is 0 Å². The summed E-state index contributed by atoms with van der Waals surface area (Å²) in [7, 11) is 1.32. The molecule has 0 radical (unpaired) electrons. The van der Waals surface area contributed by atoms with Crippen molar-refractivity contribution in [2.75, 3.05) is 7.11 Å². The van der Waals surface area contributed by atoms with Gasteiger partial charge in [-0.3, -0.25) is 0 Å². The van der Waals surface area contributed by atoms with E-state index in [2.05, 4.69) is 4.74 Å². The fraction of sp³-hybridized carbons (Fsp3) is 0.100. The van der Waals surface area contributed by atoms with Crippen LogP contribution in [0.5, 0.6) is 5.75 Å². The van der Waals surface area contributed by atoms with Crippen molar-refractivity contribution in [3.8, 4) is 5.75 Å². The Hall–Kier alpha value is -0.0400. The molecular formula is C10H10INaO3. The smallest absolute Gasteiger partial charge is 1.00 e. The van der Waals surface area contributed by atoms with Gasteiger partial charge in [0.05, 0.1) is 7.11 Å². The molecule has 0 bridgehead atoms. The zero-order valence-corrected chi connectivity index (χ0v) is 12.8. The van der Waals surface area contributed by atoms with Crippen LogP contribution in [-0.4, -0.2) is 18.2 Å². The fourth-order valence-corrected chi connectivity index (χ4v) is 0.818. The number of esters is 1. The minimum Gasteiger partial charge on any atom is -1.00 e. The molecule has 0 amide bonds. The molecule has 15 heavy (non-hydrogen) atoms. The van der Waals surface area contributed by atoms with Crippen LogP contribution in [-0.2, 0) is 9.53 Å². The molecule has 3 nitrogen and oxygen atoms in total. The van der Waals surface area contributed by atoms with Gasteiger partial charge in [-0.1, -0.05) is 12.1 Å². The van der Waals surface area contributed by atoms with Crippen molar-refractivity contribution in [3.05, 3.63) is 35.9 Å². The van der Waals surface area contributed by atoms with Crippen molar-refractivity contribution < 1.29 is 68.2 Å². The molecule has 0 aliphatic carbocycles. The zero-order chi connectivity index (χ0) is 9.68. The van der Waals surface area contributed by atoms with Crippen LogP contribution in [0.15, 0.2) is 30.3 Å². The first-order valence-electron chi connectivity index (χ1n) is 3.77. The number of aromatic hydroxyl groups is 1. The van der Waals surface area contributed by atoms with E-state index in [0.29, 0.717) is 0 Å². The van der Waals surface area contributed by atoms with E-state index < -0.39 is 5.97 Å². The van der Waals surface area contributed by atoms with Crippen LogP contribution >= 0.6 is 0 Å². The van der Waals surface area contributed by atoms with Crippen molar-refractivity contribution in [2.45, 2.75) is 0 Å². The third-order valence-electron chi connectivity index (χ3n) is 1.51. The van der Waals surface area contributed by atoms with Crippen molar-refractivity contribution in [2.24, 2.45) is 0 Å². The van der Waals surface area contributed by atoms with Gasteiger partial charge >= 0.3 is 35.5 Å². The predicted octanol–water partition coefficient (Wildman–Crippen LogP) is -4.41. The quantitative estimate of drug-likeness (QED) is 0.258. The average Bonchev–Trinajstić information content (AvgIpc) is 2.16. The first kappa shape index (κ1) is 17.4. The van der Waals surface area contributed by atoms with E-state index >= 15 is 0 Å². The van der Waals surface area contributed by atoms with Crippen LogP contribution in [0.4, 0.5) is 0 Å². The summed E-state index contributed by atoms with van der Waals surface area (Å²) >= 11 is 0. The first-order valence-corrected chi connectivity index (χ1v) is 3.77. The van der Waals surface area contributed by atoms with Crippen LogP contribution in [0, 0.1) is 0 Å². The number of carbonyl (C=O) groups is 1. The molecule has 0 atom stereocenters. The molecule has 0 unspecified atom stereocenters. The van der Waals surface area contributed by atoms with Crippen LogP contribution in [0.25, 0.3) is 6.08 Å². The van der Waals surface area contributed by atoms with Gasteiger partial charge in [0.15, 0.2) is 0 Å². The summed E-state index contributed by atoms with van der Waals surface area (Å²) < 4.78 is 4.42.